The van der Waals surface area contributed by atoms with Crippen molar-refractivity contribution in [1.82, 2.24) is 10.2 Å². The Morgan fingerprint density at radius 1 is 1.44 bits per heavy atom. The van der Waals surface area contributed by atoms with Crippen molar-refractivity contribution >= 4 is 5.91 Å². The molecule has 0 bridgehead atoms. The third-order valence-corrected chi connectivity index (χ3v) is 3.77. The lowest BCUT2D eigenvalue weighted by Crippen LogP contribution is -2.49. The van der Waals surface area contributed by atoms with E-state index in [4.69, 9.17) is 5.73 Å². The zero-order valence-electron chi connectivity index (χ0n) is 10.7. The van der Waals surface area contributed by atoms with E-state index in [2.05, 4.69) is 24.1 Å². The summed E-state index contributed by atoms with van der Waals surface area (Å²) in [4.78, 5) is 13.3. The van der Waals surface area contributed by atoms with Crippen LogP contribution in [-0.2, 0) is 4.79 Å². The zero-order chi connectivity index (χ0) is 12.1. The van der Waals surface area contributed by atoms with Gasteiger partial charge < -0.3 is 11.1 Å². The second-order valence-corrected chi connectivity index (χ2v) is 4.80. The highest BCUT2D eigenvalue weighted by Crippen LogP contribution is 2.21. The molecule has 4 heteroatoms. The van der Waals surface area contributed by atoms with E-state index in [9.17, 15) is 4.79 Å². The molecule has 1 saturated heterocycles. The first-order valence-corrected chi connectivity index (χ1v) is 6.33. The maximum absolute atomic E-state index is 11.1. The summed E-state index contributed by atoms with van der Waals surface area (Å²) in [7, 11) is 0. The van der Waals surface area contributed by atoms with Gasteiger partial charge in [-0.25, -0.2) is 0 Å². The molecule has 4 nitrogen and oxygen atoms in total. The average molecular weight is 227 g/mol. The minimum atomic E-state index is -0.210. The van der Waals surface area contributed by atoms with Crippen molar-refractivity contribution in [2.24, 2.45) is 11.7 Å². The van der Waals surface area contributed by atoms with Gasteiger partial charge in [0.1, 0.15) is 0 Å². The van der Waals surface area contributed by atoms with Crippen molar-refractivity contribution in [2.45, 2.75) is 45.7 Å². The number of amides is 1. The van der Waals surface area contributed by atoms with Gasteiger partial charge in [-0.05, 0) is 52.2 Å². The van der Waals surface area contributed by atoms with Crippen molar-refractivity contribution in [2.75, 3.05) is 19.6 Å². The Bertz CT molecular complexity index is 224. The van der Waals surface area contributed by atoms with Gasteiger partial charge in [-0.3, -0.25) is 9.69 Å². The van der Waals surface area contributed by atoms with Crippen LogP contribution in [0.5, 0.6) is 0 Å². The molecule has 3 N–H and O–H groups in total. The molecule has 1 aliphatic rings. The van der Waals surface area contributed by atoms with E-state index in [1.807, 2.05) is 6.92 Å². The van der Waals surface area contributed by atoms with Gasteiger partial charge in [0.25, 0.3) is 0 Å². The smallest absolute Gasteiger partial charge is 0.234 e. The maximum Gasteiger partial charge on any atom is 0.234 e. The summed E-state index contributed by atoms with van der Waals surface area (Å²) in [5, 5.41) is 3.47. The maximum atomic E-state index is 11.1. The van der Waals surface area contributed by atoms with Gasteiger partial charge in [0.15, 0.2) is 0 Å². The fourth-order valence-electron chi connectivity index (χ4n) is 2.48. The summed E-state index contributed by atoms with van der Waals surface area (Å²) in [5.74, 6) is 0.523. The van der Waals surface area contributed by atoms with E-state index in [1.165, 1.54) is 0 Å². The highest BCUT2D eigenvalue weighted by molar-refractivity contribution is 5.79. The molecule has 0 aromatic carbocycles. The van der Waals surface area contributed by atoms with Crippen LogP contribution in [-0.4, -0.2) is 42.5 Å². The van der Waals surface area contributed by atoms with Crippen molar-refractivity contribution in [3.05, 3.63) is 0 Å². The lowest BCUT2D eigenvalue weighted by Gasteiger charge is -2.37. The van der Waals surface area contributed by atoms with Gasteiger partial charge in [0.2, 0.25) is 5.91 Å². The molecule has 1 aliphatic heterocycles. The minimum Gasteiger partial charge on any atom is -0.368 e. The number of nitrogens with one attached hydrogen (secondary N) is 1. The van der Waals surface area contributed by atoms with Crippen molar-refractivity contribution < 1.29 is 4.79 Å². The molecule has 1 heterocycles. The van der Waals surface area contributed by atoms with Gasteiger partial charge >= 0.3 is 0 Å². The molecule has 2 atom stereocenters. The second kappa shape index (κ2) is 6.21. The first-order chi connectivity index (χ1) is 7.56. The molecule has 94 valence electrons. The summed E-state index contributed by atoms with van der Waals surface area (Å²) in [6.07, 6.45) is 2.32. The van der Waals surface area contributed by atoms with Gasteiger partial charge in [0, 0.05) is 6.04 Å². The van der Waals surface area contributed by atoms with Gasteiger partial charge in [0.05, 0.1) is 6.04 Å². The van der Waals surface area contributed by atoms with Crippen LogP contribution in [0.3, 0.4) is 0 Å². The van der Waals surface area contributed by atoms with Crippen LogP contribution in [0.4, 0.5) is 0 Å². The molecular weight excluding hydrogens is 202 g/mol. The molecule has 2 unspecified atom stereocenters. The van der Waals surface area contributed by atoms with Crippen LogP contribution < -0.4 is 11.1 Å². The molecule has 0 spiro atoms. The van der Waals surface area contributed by atoms with Gasteiger partial charge in [-0.15, -0.1) is 0 Å². The summed E-state index contributed by atoms with van der Waals surface area (Å²) in [6.45, 7) is 9.30. The van der Waals surface area contributed by atoms with Crippen LogP contribution in [0.2, 0.25) is 0 Å². The predicted octanol–water partition coefficient (Wildman–Crippen LogP) is 0.570. The van der Waals surface area contributed by atoms with E-state index in [1.54, 1.807) is 0 Å². The predicted molar refractivity (Wildman–Crippen MR) is 66.1 cm³/mol. The lowest BCUT2D eigenvalue weighted by atomic mass is 9.89. The topological polar surface area (TPSA) is 58.4 Å². The van der Waals surface area contributed by atoms with E-state index < -0.39 is 0 Å². The fourth-order valence-corrected chi connectivity index (χ4v) is 2.48. The highest BCUT2D eigenvalue weighted by atomic mass is 16.1. The first-order valence-electron chi connectivity index (χ1n) is 6.33. The van der Waals surface area contributed by atoms with Crippen LogP contribution in [0, 0.1) is 5.92 Å². The number of piperidine rings is 1. The van der Waals surface area contributed by atoms with E-state index >= 15 is 0 Å². The van der Waals surface area contributed by atoms with Gasteiger partial charge in [-0.1, -0.05) is 6.92 Å². The molecule has 1 rings (SSSR count). The van der Waals surface area contributed by atoms with Crippen LogP contribution >= 0.6 is 0 Å². The largest absolute Gasteiger partial charge is 0.368 e. The second-order valence-electron chi connectivity index (χ2n) is 4.80. The monoisotopic (exact) mass is 227 g/mol. The van der Waals surface area contributed by atoms with E-state index in [0.717, 1.165) is 38.4 Å². The summed E-state index contributed by atoms with van der Waals surface area (Å²) < 4.78 is 0. The third kappa shape index (κ3) is 3.46. The summed E-state index contributed by atoms with van der Waals surface area (Å²) >= 11 is 0. The Morgan fingerprint density at radius 3 is 2.44 bits per heavy atom. The number of likely N-dealkylation sites (tertiary alicyclic amines) is 1. The highest BCUT2D eigenvalue weighted by Gasteiger charge is 2.27. The zero-order valence-corrected chi connectivity index (χ0v) is 10.7. The SMILES string of the molecule is CCNC(C)C1CCN(C(C)C(N)=O)CC1. The number of carbonyl (C=O) groups excluding carboxylic acids is 1. The molecule has 0 aliphatic carbocycles. The van der Waals surface area contributed by atoms with E-state index in [0.29, 0.717) is 6.04 Å². The number of nitrogens with two attached hydrogens (primary N) is 1. The lowest BCUT2D eigenvalue weighted by molar-refractivity contribution is -0.123. The van der Waals surface area contributed by atoms with Crippen LogP contribution in [0.1, 0.15) is 33.6 Å². The Kier molecular flexibility index (Phi) is 5.22. The number of rotatable bonds is 5. The summed E-state index contributed by atoms with van der Waals surface area (Å²) in [6, 6.07) is 0.464. The van der Waals surface area contributed by atoms with Crippen LogP contribution in [0.15, 0.2) is 0 Å². The summed E-state index contributed by atoms with van der Waals surface area (Å²) in [5.41, 5.74) is 5.32. The molecule has 16 heavy (non-hydrogen) atoms. The minimum absolute atomic E-state index is 0.115. The van der Waals surface area contributed by atoms with Gasteiger partial charge in [-0.2, -0.15) is 0 Å². The Balaban J connectivity index is 2.36. The van der Waals surface area contributed by atoms with Crippen molar-refractivity contribution in [1.29, 1.82) is 0 Å². The molecule has 1 fully saturated rings. The molecule has 0 aromatic heterocycles. The quantitative estimate of drug-likeness (QED) is 0.722. The Labute approximate surface area is 98.6 Å². The van der Waals surface area contributed by atoms with Crippen molar-refractivity contribution in [3.63, 3.8) is 0 Å². The standard InChI is InChI=1S/C12H25N3O/c1-4-14-9(2)11-5-7-15(8-6-11)10(3)12(13)16/h9-11,14H,4-8H2,1-3H3,(H2,13,16). The Morgan fingerprint density at radius 2 is 2.00 bits per heavy atom. The van der Waals surface area contributed by atoms with E-state index in [-0.39, 0.29) is 11.9 Å². The fraction of sp³-hybridized carbons (Fsp3) is 0.917. The van der Waals surface area contributed by atoms with Crippen LogP contribution in [0.25, 0.3) is 0 Å². The molecule has 1 amide bonds. The normalized spacial score (nSPS) is 22.9. The number of primary amides is 1. The number of nitrogens with zero attached hydrogens (tertiary/aromatic N) is 1. The number of carbonyl (C=O) groups is 1. The molecule has 0 radical (unpaired) electrons. The molecule has 0 saturated carbocycles. The third-order valence-electron chi connectivity index (χ3n) is 3.77. The van der Waals surface area contributed by atoms with Crippen molar-refractivity contribution in [3.8, 4) is 0 Å². The molecular formula is C12H25N3O. The average Bonchev–Trinajstić information content (AvgIpc) is 2.28. The molecule has 0 aromatic rings. The Hall–Kier alpha value is -0.610. The number of hydrogen-bond donors (Lipinski definition) is 2. The first kappa shape index (κ1) is 13.5. The number of hydrogen-bond acceptors (Lipinski definition) is 3.